The van der Waals surface area contributed by atoms with Gasteiger partial charge in [-0.25, -0.2) is 13.2 Å². The van der Waals surface area contributed by atoms with E-state index in [4.69, 9.17) is 5.73 Å². The van der Waals surface area contributed by atoms with Gasteiger partial charge in [0.1, 0.15) is 6.17 Å². The van der Waals surface area contributed by atoms with Gasteiger partial charge in [0.2, 0.25) is 0 Å². The molecule has 1 aromatic carbocycles. The highest BCUT2D eigenvalue weighted by Crippen LogP contribution is 2.38. The Hall–Kier alpha value is -1.03. The van der Waals surface area contributed by atoms with E-state index in [1.165, 1.54) is 13.0 Å². The lowest BCUT2D eigenvalue weighted by Crippen LogP contribution is -2.39. The highest BCUT2D eigenvalue weighted by Gasteiger charge is 2.33. The van der Waals surface area contributed by atoms with Crippen molar-refractivity contribution in [2.45, 2.75) is 50.7 Å². The van der Waals surface area contributed by atoms with Crippen LogP contribution < -0.4 is 5.73 Å². The van der Waals surface area contributed by atoms with Gasteiger partial charge in [0.05, 0.1) is 0 Å². The van der Waals surface area contributed by atoms with Gasteiger partial charge < -0.3 is 5.73 Å². The molecule has 1 aliphatic rings. The zero-order chi connectivity index (χ0) is 13.3. The fraction of sp³-hybridized carbons (Fsp3) is 0.571. The van der Waals surface area contributed by atoms with Crippen LogP contribution in [0.2, 0.25) is 0 Å². The Kier molecular flexibility index (Phi) is 3.66. The van der Waals surface area contributed by atoms with E-state index in [1.807, 2.05) is 0 Å². The maximum atomic E-state index is 13.9. The van der Waals surface area contributed by atoms with Gasteiger partial charge in [-0.05, 0) is 37.5 Å². The van der Waals surface area contributed by atoms with Crippen LogP contribution in [0.5, 0.6) is 0 Å². The molecule has 100 valence electrons. The number of hydrogen-bond donors (Lipinski definition) is 1. The predicted octanol–water partition coefficient (Wildman–Crippen LogP) is 4.11. The molecule has 0 aliphatic heterocycles. The molecule has 18 heavy (non-hydrogen) atoms. The van der Waals surface area contributed by atoms with E-state index in [9.17, 15) is 13.2 Å². The van der Waals surface area contributed by atoms with E-state index < -0.39 is 23.3 Å². The van der Waals surface area contributed by atoms with Crippen LogP contribution in [0, 0.1) is 11.6 Å². The van der Waals surface area contributed by atoms with Crippen LogP contribution in [0.15, 0.2) is 12.1 Å². The van der Waals surface area contributed by atoms with Crippen molar-refractivity contribution in [3.8, 4) is 0 Å². The molecule has 4 heteroatoms. The van der Waals surface area contributed by atoms with Gasteiger partial charge in [-0.2, -0.15) is 0 Å². The van der Waals surface area contributed by atoms with Crippen molar-refractivity contribution in [3.63, 3.8) is 0 Å². The van der Waals surface area contributed by atoms with Gasteiger partial charge in [0, 0.05) is 11.1 Å². The third kappa shape index (κ3) is 2.39. The van der Waals surface area contributed by atoms with Crippen LogP contribution in [0.4, 0.5) is 13.2 Å². The average molecular weight is 257 g/mol. The molecule has 1 unspecified atom stereocenters. The summed E-state index contributed by atoms with van der Waals surface area (Å²) in [7, 11) is 0. The lowest BCUT2D eigenvalue weighted by molar-refractivity contribution is 0.287. The van der Waals surface area contributed by atoms with Crippen LogP contribution in [0.25, 0.3) is 0 Å². The molecular formula is C14H18F3N. The molecule has 0 bridgehead atoms. The van der Waals surface area contributed by atoms with E-state index in [-0.39, 0.29) is 11.1 Å². The number of hydrogen-bond acceptors (Lipinski definition) is 1. The van der Waals surface area contributed by atoms with Crippen molar-refractivity contribution >= 4 is 0 Å². The normalized spacial score (nSPS) is 20.7. The molecule has 1 aliphatic carbocycles. The van der Waals surface area contributed by atoms with Crippen molar-refractivity contribution in [1.82, 2.24) is 0 Å². The summed E-state index contributed by atoms with van der Waals surface area (Å²) in [4.78, 5) is 0. The van der Waals surface area contributed by atoms with E-state index >= 15 is 0 Å². The van der Waals surface area contributed by atoms with Crippen molar-refractivity contribution < 1.29 is 13.2 Å². The fourth-order valence-electron chi connectivity index (χ4n) is 2.65. The molecule has 0 aromatic heterocycles. The summed E-state index contributed by atoms with van der Waals surface area (Å²) in [6.07, 6.45) is 2.76. The summed E-state index contributed by atoms with van der Waals surface area (Å²) in [6, 6.07) is 2.30. The summed E-state index contributed by atoms with van der Waals surface area (Å²) >= 11 is 0. The predicted molar refractivity (Wildman–Crippen MR) is 64.8 cm³/mol. The largest absolute Gasteiger partial charge is 0.321 e. The topological polar surface area (TPSA) is 26.0 Å². The Balaban J connectivity index is 2.48. The Bertz CT molecular complexity index is 437. The third-order valence-corrected chi connectivity index (χ3v) is 3.79. The van der Waals surface area contributed by atoms with Crippen LogP contribution in [-0.4, -0.2) is 0 Å². The summed E-state index contributed by atoms with van der Waals surface area (Å²) in [6.45, 7) is 1.31. The maximum absolute atomic E-state index is 13.9. The first-order valence-electron chi connectivity index (χ1n) is 6.36. The van der Waals surface area contributed by atoms with E-state index in [0.717, 1.165) is 25.3 Å². The molecule has 2 rings (SSSR count). The first-order valence-corrected chi connectivity index (χ1v) is 6.36. The number of benzene rings is 1. The van der Waals surface area contributed by atoms with Gasteiger partial charge >= 0.3 is 0 Å². The second-order valence-electron chi connectivity index (χ2n) is 5.20. The molecule has 1 atom stereocenters. The van der Waals surface area contributed by atoms with Crippen LogP contribution in [-0.2, 0) is 5.54 Å². The number of rotatable bonds is 2. The SMILES string of the molecule is CC(F)c1cc(F)c(F)c(C2(N)CCCCC2)c1. The zero-order valence-electron chi connectivity index (χ0n) is 10.5. The number of nitrogens with two attached hydrogens (primary N) is 1. The van der Waals surface area contributed by atoms with E-state index in [1.54, 1.807) is 0 Å². The van der Waals surface area contributed by atoms with Gasteiger partial charge in [-0.3, -0.25) is 0 Å². The molecular weight excluding hydrogens is 239 g/mol. The molecule has 0 heterocycles. The summed E-state index contributed by atoms with van der Waals surface area (Å²) in [5.41, 5.74) is 5.62. The molecule has 1 fully saturated rings. The minimum absolute atomic E-state index is 0.127. The minimum Gasteiger partial charge on any atom is -0.321 e. The standard InChI is InChI=1S/C14H18F3N/c1-9(15)10-7-11(13(17)12(16)8-10)14(18)5-3-2-4-6-14/h7-9H,2-6,18H2,1H3. The van der Waals surface area contributed by atoms with Crippen molar-refractivity contribution in [1.29, 1.82) is 0 Å². The fourth-order valence-corrected chi connectivity index (χ4v) is 2.65. The van der Waals surface area contributed by atoms with Crippen molar-refractivity contribution in [3.05, 3.63) is 34.9 Å². The van der Waals surface area contributed by atoms with Gasteiger partial charge in [-0.1, -0.05) is 19.3 Å². The molecule has 0 saturated heterocycles. The lowest BCUT2D eigenvalue weighted by Gasteiger charge is -2.34. The van der Waals surface area contributed by atoms with Gasteiger partial charge in [0.25, 0.3) is 0 Å². The van der Waals surface area contributed by atoms with Gasteiger partial charge in [0.15, 0.2) is 11.6 Å². The molecule has 1 nitrogen and oxygen atoms in total. The first-order chi connectivity index (χ1) is 8.44. The third-order valence-electron chi connectivity index (χ3n) is 3.79. The number of alkyl halides is 1. The Morgan fingerprint density at radius 1 is 1.17 bits per heavy atom. The van der Waals surface area contributed by atoms with Crippen LogP contribution in [0.3, 0.4) is 0 Å². The molecule has 1 saturated carbocycles. The maximum Gasteiger partial charge on any atom is 0.163 e. The monoisotopic (exact) mass is 257 g/mol. The van der Waals surface area contributed by atoms with Crippen LogP contribution in [0.1, 0.15) is 56.3 Å². The first kappa shape index (κ1) is 13.4. The van der Waals surface area contributed by atoms with Crippen LogP contribution >= 0.6 is 0 Å². The van der Waals surface area contributed by atoms with E-state index in [0.29, 0.717) is 12.8 Å². The molecule has 0 amide bonds. The molecule has 0 spiro atoms. The van der Waals surface area contributed by atoms with Gasteiger partial charge in [-0.15, -0.1) is 0 Å². The second-order valence-corrected chi connectivity index (χ2v) is 5.20. The molecule has 2 N–H and O–H groups in total. The molecule has 1 aromatic rings. The highest BCUT2D eigenvalue weighted by molar-refractivity contribution is 5.33. The summed E-state index contributed by atoms with van der Waals surface area (Å²) in [5, 5.41) is 0. The highest BCUT2D eigenvalue weighted by atomic mass is 19.2. The van der Waals surface area contributed by atoms with Crippen molar-refractivity contribution in [2.75, 3.05) is 0 Å². The minimum atomic E-state index is -1.33. The average Bonchev–Trinajstić information content (AvgIpc) is 2.33. The summed E-state index contributed by atoms with van der Waals surface area (Å²) < 4.78 is 40.7. The Morgan fingerprint density at radius 2 is 1.78 bits per heavy atom. The molecule has 0 radical (unpaired) electrons. The number of halogens is 3. The van der Waals surface area contributed by atoms with E-state index in [2.05, 4.69) is 0 Å². The zero-order valence-corrected chi connectivity index (χ0v) is 10.5. The quantitative estimate of drug-likeness (QED) is 0.847. The Morgan fingerprint density at radius 3 is 2.33 bits per heavy atom. The van der Waals surface area contributed by atoms with Crippen molar-refractivity contribution in [2.24, 2.45) is 5.73 Å². The summed E-state index contributed by atoms with van der Waals surface area (Å²) in [5.74, 6) is -1.94. The Labute approximate surface area is 105 Å². The second kappa shape index (κ2) is 4.92. The lowest BCUT2D eigenvalue weighted by atomic mass is 9.76. The smallest absolute Gasteiger partial charge is 0.163 e.